The summed E-state index contributed by atoms with van der Waals surface area (Å²) < 4.78 is 0. The van der Waals surface area contributed by atoms with Crippen molar-refractivity contribution in [3.63, 3.8) is 0 Å². The second-order valence-electron chi connectivity index (χ2n) is 8.74. The first-order valence-electron chi connectivity index (χ1n) is 11.7. The highest BCUT2D eigenvalue weighted by Crippen LogP contribution is 2.19. The van der Waals surface area contributed by atoms with Gasteiger partial charge in [0.1, 0.15) is 0 Å². The van der Waals surface area contributed by atoms with E-state index >= 15 is 0 Å². The van der Waals surface area contributed by atoms with Gasteiger partial charge in [0.15, 0.2) is 0 Å². The topological polar surface area (TPSA) is 78.7 Å². The SMILES string of the molecule is CCCCN(C)c1ccc(C(=O)Nc2ccc(CCN3CCC(C(N)=O)CC3)cc2)cc1. The van der Waals surface area contributed by atoms with Crippen molar-refractivity contribution in [1.82, 2.24) is 4.90 Å². The van der Waals surface area contributed by atoms with Crippen LogP contribution >= 0.6 is 0 Å². The van der Waals surface area contributed by atoms with Crippen molar-refractivity contribution in [3.05, 3.63) is 59.7 Å². The van der Waals surface area contributed by atoms with E-state index in [2.05, 4.69) is 41.2 Å². The maximum atomic E-state index is 12.6. The first-order valence-corrected chi connectivity index (χ1v) is 11.7. The molecule has 0 bridgehead atoms. The molecule has 2 amide bonds. The first kappa shape index (κ1) is 23.8. The number of nitrogens with zero attached hydrogens (tertiary/aromatic N) is 2. The minimum absolute atomic E-state index is 0.0346. The van der Waals surface area contributed by atoms with Crippen molar-refractivity contribution in [2.24, 2.45) is 11.7 Å². The summed E-state index contributed by atoms with van der Waals surface area (Å²) in [5.74, 6) is -0.234. The highest BCUT2D eigenvalue weighted by molar-refractivity contribution is 6.04. The van der Waals surface area contributed by atoms with Gasteiger partial charge in [0.25, 0.3) is 5.91 Å². The number of carbonyl (C=O) groups is 2. The number of likely N-dealkylation sites (tertiary alicyclic amines) is 1. The molecule has 1 aliphatic heterocycles. The average Bonchev–Trinajstić information content (AvgIpc) is 2.82. The standard InChI is InChI=1S/C26H36N4O2/c1-3-4-16-29(2)24-11-7-22(8-12-24)26(32)28-23-9-5-20(6-10-23)13-17-30-18-14-21(15-19-30)25(27)31/h5-12,21H,3-4,13-19H2,1-2H3,(H2,27,31)(H,28,32). The fraction of sp³-hybridized carbons (Fsp3) is 0.462. The molecule has 0 spiro atoms. The van der Waals surface area contributed by atoms with E-state index in [1.165, 1.54) is 12.0 Å². The Kier molecular flexibility index (Phi) is 8.68. The van der Waals surface area contributed by atoms with Crippen LogP contribution in [0.5, 0.6) is 0 Å². The normalized spacial score (nSPS) is 14.8. The largest absolute Gasteiger partial charge is 0.375 e. The number of rotatable bonds is 10. The number of piperidine rings is 1. The number of amides is 2. The Hall–Kier alpha value is -2.86. The number of anilines is 2. The van der Waals surface area contributed by atoms with Gasteiger partial charge in [-0.1, -0.05) is 25.5 Å². The van der Waals surface area contributed by atoms with Crippen LogP contribution in [-0.4, -0.2) is 49.9 Å². The molecule has 0 radical (unpaired) electrons. The third-order valence-electron chi connectivity index (χ3n) is 6.34. The van der Waals surface area contributed by atoms with Crippen LogP contribution in [0.3, 0.4) is 0 Å². The van der Waals surface area contributed by atoms with Gasteiger partial charge in [0.05, 0.1) is 0 Å². The summed E-state index contributed by atoms with van der Waals surface area (Å²) >= 11 is 0. The molecule has 6 nitrogen and oxygen atoms in total. The molecule has 1 aliphatic rings. The highest BCUT2D eigenvalue weighted by atomic mass is 16.2. The van der Waals surface area contributed by atoms with Crippen LogP contribution in [0.25, 0.3) is 0 Å². The molecule has 3 rings (SSSR count). The van der Waals surface area contributed by atoms with Gasteiger partial charge in [0, 0.05) is 43.0 Å². The number of nitrogens with one attached hydrogen (secondary N) is 1. The Balaban J connectivity index is 1.46. The molecule has 2 aromatic rings. The Morgan fingerprint density at radius 2 is 1.72 bits per heavy atom. The minimum Gasteiger partial charge on any atom is -0.375 e. The van der Waals surface area contributed by atoms with Gasteiger partial charge in [-0.3, -0.25) is 9.59 Å². The second kappa shape index (κ2) is 11.7. The lowest BCUT2D eigenvalue weighted by Crippen LogP contribution is -2.39. The Morgan fingerprint density at radius 3 is 2.31 bits per heavy atom. The van der Waals surface area contributed by atoms with Gasteiger partial charge in [0.2, 0.25) is 5.91 Å². The van der Waals surface area contributed by atoms with Crippen molar-refractivity contribution in [2.75, 3.05) is 43.4 Å². The fourth-order valence-electron chi connectivity index (χ4n) is 4.08. The van der Waals surface area contributed by atoms with E-state index in [4.69, 9.17) is 5.73 Å². The summed E-state index contributed by atoms with van der Waals surface area (Å²) in [7, 11) is 2.08. The average molecular weight is 437 g/mol. The maximum absolute atomic E-state index is 12.6. The van der Waals surface area contributed by atoms with Gasteiger partial charge in [-0.2, -0.15) is 0 Å². The smallest absolute Gasteiger partial charge is 0.255 e. The molecule has 2 aromatic carbocycles. The Morgan fingerprint density at radius 1 is 1.06 bits per heavy atom. The monoisotopic (exact) mass is 436 g/mol. The van der Waals surface area contributed by atoms with Gasteiger partial charge in [-0.05, 0) is 80.7 Å². The quantitative estimate of drug-likeness (QED) is 0.592. The lowest BCUT2D eigenvalue weighted by atomic mass is 9.96. The molecule has 0 saturated carbocycles. The van der Waals surface area contributed by atoms with Crippen LogP contribution in [0.15, 0.2) is 48.5 Å². The summed E-state index contributed by atoms with van der Waals surface area (Å²) in [6.45, 7) is 6.02. The fourth-order valence-corrected chi connectivity index (χ4v) is 4.08. The number of hydrogen-bond acceptors (Lipinski definition) is 4. The molecule has 0 unspecified atom stereocenters. The lowest BCUT2D eigenvalue weighted by molar-refractivity contribution is -0.123. The third kappa shape index (κ3) is 6.82. The second-order valence-corrected chi connectivity index (χ2v) is 8.74. The Bertz CT molecular complexity index is 872. The Labute approximate surface area is 191 Å². The number of hydrogen-bond donors (Lipinski definition) is 2. The van der Waals surface area contributed by atoms with Gasteiger partial charge >= 0.3 is 0 Å². The zero-order valence-electron chi connectivity index (χ0n) is 19.3. The van der Waals surface area contributed by atoms with Crippen molar-refractivity contribution in [2.45, 2.75) is 39.0 Å². The number of benzene rings is 2. The molecule has 6 heteroatoms. The van der Waals surface area contributed by atoms with Crippen LogP contribution in [0.1, 0.15) is 48.5 Å². The van der Waals surface area contributed by atoms with E-state index < -0.39 is 0 Å². The molecule has 1 heterocycles. The lowest BCUT2D eigenvalue weighted by Gasteiger charge is -2.30. The van der Waals surface area contributed by atoms with Gasteiger partial charge < -0.3 is 20.9 Å². The molecule has 1 fully saturated rings. The molecule has 1 saturated heterocycles. The molecule has 0 aliphatic carbocycles. The number of primary amides is 1. The summed E-state index contributed by atoms with van der Waals surface area (Å²) in [6.07, 6.45) is 4.98. The van der Waals surface area contributed by atoms with Gasteiger partial charge in [-0.15, -0.1) is 0 Å². The van der Waals surface area contributed by atoms with Crippen LogP contribution in [0, 0.1) is 5.92 Å². The van der Waals surface area contributed by atoms with Crippen LogP contribution in [-0.2, 0) is 11.2 Å². The summed E-state index contributed by atoms with van der Waals surface area (Å²) in [6, 6.07) is 15.8. The van der Waals surface area contributed by atoms with E-state index in [0.29, 0.717) is 5.56 Å². The molecular formula is C26H36N4O2. The zero-order valence-corrected chi connectivity index (χ0v) is 19.3. The minimum atomic E-state index is -0.169. The van der Waals surface area contributed by atoms with Crippen molar-refractivity contribution < 1.29 is 9.59 Å². The first-order chi connectivity index (χ1) is 15.5. The summed E-state index contributed by atoms with van der Waals surface area (Å²) in [5, 5.41) is 2.98. The number of unbranched alkanes of at least 4 members (excludes halogenated alkanes) is 1. The van der Waals surface area contributed by atoms with Gasteiger partial charge in [-0.25, -0.2) is 0 Å². The molecular weight excluding hydrogens is 400 g/mol. The predicted octanol–water partition coefficient (Wildman–Crippen LogP) is 3.92. The van der Waals surface area contributed by atoms with E-state index in [0.717, 1.165) is 63.2 Å². The summed E-state index contributed by atoms with van der Waals surface area (Å²) in [4.78, 5) is 28.5. The van der Waals surface area contributed by atoms with E-state index in [-0.39, 0.29) is 17.7 Å². The van der Waals surface area contributed by atoms with Crippen molar-refractivity contribution in [3.8, 4) is 0 Å². The molecule has 3 N–H and O–H groups in total. The van der Waals surface area contributed by atoms with E-state index in [1.807, 2.05) is 36.4 Å². The van der Waals surface area contributed by atoms with E-state index in [1.54, 1.807) is 0 Å². The highest BCUT2D eigenvalue weighted by Gasteiger charge is 2.22. The molecule has 0 aromatic heterocycles. The van der Waals surface area contributed by atoms with Crippen LogP contribution in [0.4, 0.5) is 11.4 Å². The molecule has 172 valence electrons. The number of carbonyl (C=O) groups excluding carboxylic acids is 2. The summed E-state index contributed by atoms with van der Waals surface area (Å²) in [5.41, 5.74) is 9.22. The maximum Gasteiger partial charge on any atom is 0.255 e. The predicted molar refractivity (Wildman–Crippen MR) is 131 cm³/mol. The molecule has 0 atom stereocenters. The number of nitrogens with two attached hydrogens (primary N) is 1. The van der Waals surface area contributed by atoms with Crippen molar-refractivity contribution >= 4 is 23.2 Å². The molecule has 32 heavy (non-hydrogen) atoms. The van der Waals surface area contributed by atoms with Crippen LogP contribution in [0.2, 0.25) is 0 Å². The van der Waals surface area contributed by atoms with Crippen LogP contribution < -0.4 is 16.0 Å². The zero-order chi connectivity index (χ0) is 22.9. The van der Waals surface area contributed by atoms with E-state index in [9.17, 15) is 9.59 Å². The third-order valence-corrected chi connectivity index (χ3v) is 6.34. The van der Waals surface area contributed by atoms with Crippen molar-refractivity contribution in [1.29, 1.82) is 0 Å².